The third kappa shape index (κ3) is 17.1. The molecule has 1 saturated heterocycles. The van der Waals surface area contributed by atoms with Crippen molar-refractivity contribution in [3.8, 4) is 0 Å². The SMILES string of the molecule is N=C(N)NCCC[C@@H]1NC(=O)[C@H](CCCCNC(=O)CNC(=O)[C@H](N)CS)NC(=O)[C@@H](Cc2ccccc2)NC(=O)[C@H](CC(=O)O)NC(=O)CNC1=O. The van der Waals surface area contributed by atoms with Gasteiger partial charge in [-0.2, -0.15) is 12.6 Å². The summed E-state index contributed by atoms with van der Waals surface area (Å²) in [4.78, 5) is 102. The van der Waals surface area contributed by atoms with Crippen LogP contribution in [0.2, 0.25) is 0 Å². The number of carbonyl (C=O) groups is 8. The highest BCUT2D eigenvalue weighted by Gasteiger charge is 2.33. The highest BCUT2D eigenvalue weighted by atomic mass is 32.1. The molecule has 0 radical (unpaired) electrons. The Bertz CT molecular complexity index is 1470. The summed E-state index contributed by atoms with van der Waals surface area (Å²) in [5.74, 6) is -6.83. The van der Waals surface area contributed by atoms with Crippen molar-refractivity contribution < 1.29 is 43.5 Å². The smallest absolute Gasteiger partial charge is 0.305 e. The van der Waals surface area contributed by atoms with Crippen molar-refractivity contribution in [3.63, 3.8) is 0 Å². The largest absolute Gasteiger partial charge is 0.481 e. The number of carbonyl (C=O) groups excluding carboxylic acids is 7. The van der Waals surface area contributed by atoms with Crippen LogP contribution in [0.3, 0.4) is 0 Å². The van der Waals surface area contributed by atoms with Crippen LogP contribution in [0.5, 0.6) is 0 Å². The highest BCUT2D eigenvalue weighted by molar-refractivity contribution is 7.80. The summed E-state index contributed by atoms with van der Waals surface area (Å²) < 4.78 is 0. The number of aliphatic carboxylic acids is 1. The minimum Gasteiger partial charge on any atom is -0.481 e. The molecule has 1 aliphatic rings. The van der Waals surface area contributed by atoms with E-state index in [-0.39, 0.29) is 63.5 Å². The molecule has 5 atom stereocenters. The van der Waals surface area contributed by atoms with Crippen LogP contribution in [-0.4, -0.2) is 121 Å². The van der Waals surface area contributed by atoms with E-state index in [2.05, 4.69) is 55.2 Å². The number of rotatable bonds is 17. The lowest BCUT2D eigenvalue weighted by Gasteiger charge is -2.26. The molecule has 0 saturated carbocycles. The minimum atomic E-state index is -1.61. The molecule has 7 amide bonds. The van der Waals surface area contributed by atoms with Crippen LogP contribution in [0.4, 0.5) is 0 Å². The predicted molar refractivity (Wildman–Crippen MR) is 194 cm³/mol. The molecule has 20 nitrogen and oxygen atoms in total. The third-order valence-electron chi connectivity index (χ3n) is 7.82. The van der Waals surface area contributed by atoms with E-state index in [1.807, 2.05) is 0 Å². The Kier molecular flexibility index (Phi) is 19.1. The molecule has 0 aliphatic carbocycles. The number of amides is 7. The van der Waals surface area contributed by atoms with Crippen molar-refractivity contribution in [2.75, 3.05) is 31.9 Å². The van der Waals surface area contributed by atoms with Crippen molar-refractivity contribution in [2.24, 2.45) is 11.5 Å². The van der Waals surface area contributed by atoms with Crippen molar-refractivity contribution >= 4 is 65.9 Å². The summed E-state index contributed by atoms with van der Waals surface area (Å²) in [6.45, 7) is -0.636. The first kappa shape index (κ1) is 43.7. The molecule has 14 N–H and O–H groups in total. The van der Waals surface area contributed by atoms with Gasteiger partial charge >= 0.3 is 5.97 Å². The standard InChI is InChI=1S/C32H49N11O9S/c33-19(17-53)27(48)38-15-24(44)36-11-5-4-9-21-29(50)41-20(10-6-12-37-32(34)35)28(49)39-16-25(45)40-23(14-26(46)47)31(52)43-22(30(51)42-21)13-18-7-2-1-3-8-18/h1-3,7-8,19-23,53H,4-6,9-17,33H2,(H,36,44)(H,38,48)(H,39,49)(H,40,45)(H,41,50)(H,42,51)(H,43,52)(H,46,47)(H4,34,35,37)/t19-,20+,21+,22-,23+/m1/s1. The molecule has 1 aromatic carbocycles. The summed E-state index contributed by atoms with van der Waals surface area (Å²) in [6, 6.07) is 2.31. The number of guanidine groups is 1. The van der Waals surface area contributed by atoms with Crippen LogP contribution in [0, 0.1) is 5.41 Å². The fourth-order valence-electron chi connectivity index (χ4n) is 5.01. The maximum absolute atomic E-state index is 13.8. The van der Waals surface area contributed by atoms with Crippen molar-refractivity contribution in [1.29, 1.82) is 5.41 Å². The first-order valence-corrected chi connectivity index (χ1v) is 17.6. The molecule has 0 unspecified atom stereocenters. The van der Waals surface area contributed by atoms with Crippen molar-refractivity contribution in [1.82, 2.24) is 42.5 Å². The summed E-state index contributed by atoms with van der Waals surface area (Å²) in [7, 11) is 0. The van der Waals surface area contributed by atoms with E-state index in [0.717, 1.165) is 0 Å². The lowest BCUT2D eigenvalue weighted by atomic mass is 10.0. The normalized spacial score (nSPS) is 20.5. The Balaban J connectivity index is 2.32. The Morgan fingerprint density at radius 1 is 0.811 bits per heavy atom. The second-order valence-corrected chi connectivity index (χ2v) is 12.5. The van der Waals surface area contributed by atoms with Gasteiger partial charge in [0, 0.05) is 25.3 Å². The zero-order chi connectivity index (χ0) is 39.3. The van der Waals surface area contributed by atoms with Gasteiger partial charge in [0.15, 0.2) is 5.96 Å². The number of hydrogen-bond donors (Lipinski definition) is 13. The molecule has 1 fully saturated rings. The van der Waals surface area contributed by atoms with Crippen LogP contribution < -0.4 is 54.0 Å². The molecular formula is C32H49N11O9S. The van der Waals surface area contributed by atoms with E-state index in [0.29, 0.717) is 12.0 Å². The molecule has 0 aromatic heterocycles. The zero-order valence-electron chi connectivity index (χ0n) is 29.1. The maximum atomic E-state index is 13.8. The summed E-state index contributed by atoms with van der Waals surface area (Å²) in [5.41, 5.74) is 11.5. The average Bonchev–Trinajstić information content (AvgIpc) is 3.12. The number of thiol groups is 1. The van der Waals surface area contributed by atoms with E-state index in [1.54, 1.807) is 30.3 Å². The van der Waals surface area contributed by atoms with Gasteiger partial charge < -0.3 is 59.1 Å². The molecule has 1 aromatic rings. The van der Waals surface area contributed by atoms with E-state index in [1.165, 1.54) is 0 Å². The molecule has 0 bridgehead atoms. The topological polar surface area (TPSA) is 329 Å². The summed E-state index contributed by atoms with van der Waals surface area (Å²) >= 11 is 3.94. The lowest BCUT2D eigenvalue weighted by Crippen LogP contribution is -2.58. The quantitative estimate of drug-likeness (QED) is 0.0310. The fourth-order valence-corrected chi connectivity index (χ4v) is 5.17. The molecule has 53 heavy (non-hydrogen) atoms. The van der Waals surface area contributed by atoms with Gasteiger partial charge in [-0.1, -0.05) is 30.3 Å². The Labute approximate surface area is 311 Å². The monoisotopic (exact) mass is 763 g/mol. The molecule has 292 valence electrons. The number of nitrogens with one attached hydrogen (secondary N) is 9. The average molecular weight is 764 g/mol. The summed E-state index contributed by atoms with van der Waals surface area (Å²) in [5, 5.41) is 36.8. The number of nitrogens with two attached hydrogens (primary N) is 2. The Morgan fingerprint density at radius 3 is 2.04 bits per heavy atom. The maximum Gasteiger partial charge on any atom is 0.305 e. The van der Waals surface area contributed by atoms with Crippen molar-refractivity contribution in [2.45, 2.75) is 75.2 Å². The fraction of sp³-hybridized carbons (Fsp3) is 0.531. The van der Waals surface area contributed by atoms with Crippen LogP contribution in [0.25, 0.3) is 0 Å². The van der Waals surface area contributed by atoms with E-state index in [9.17, 15) is 43.5 Å². The second kappa shape index (κ2) is 23.2. The third-order valence-corrected chi connectivity index (χ3v) is 8.21. The van der Waals surface area contributed by atoms with Gasteiger partial charge in [0.2, 0.25) is 41.4 Å². The predicted octanol–water partition coefficient (Wildman–Crippen LogP) is -4.30. The van der Waals surface area contributed by atoms with E-state index >= 15 is 0 Å². The van der Waals surface area contributed by atoms with Gasteiger partial charge in [-0.15, -0.1) is 0 Å². The van der Waals surface area contributed by atoms with E-state index < -0.39 is 90.5 Å². The Morgan fingerprint density at radius 2 is 1.40 bits per heavy atom. The van der Waals surface area contributed by atoms with Gasteiger partial charge in [-0.3, -0.25) is 43.8 Å². The van der Waals surface area contributed by atoms with Crippen LogP contribution >= 0.6 is 12.6 Å². The minimum absolute atomic E-state index is 0.0227. The van der Waals surface area contributed by atoms with Gasteiger partial charge in [-0.25, -0.2) is 0 Å². The van der Waals surface area contributed by atoms with Gasteiger partial charge in [0.05, 0.1) is 25.6 Å². The zero-order valence-corrected chi connectivity index (χ0v) is 30.0. The first-order valence-electron chi connectivity index (χ1n) is 16.9. The number of hydrogen-bond acceptors (Lipinski definition) is 11. The molecule has 1 aliphatic heterocycles. The van der Waals surface area contributed by atoms with Gasteiger partial charge in [0.1, 0.15) is 24.2 Å². The summed E-state index contributed by atoms with van der Waals surface area (Å²) in [6.07, 6.45) is 0.0309. The number of benzene rings is 1. The van der Waals surface area contributed by atoms with Crippen LogP contribution in [0.1, 0.15) is 44.1 Å². The molecule has 1 heterocycles. The second-order valence-electron chi connectivity index (χ2n) is 12.1. The molecular weight excluding hydrogens is 714 g/mol. The first-order chi connectivity index (χ1) is 25.2. The van der Waals surface area contributed by atoms with E-state index in [4.69, 9.17) is 16.9 Å². The van der Waals surface area contributed by atoms with Gasteiger partial charge in [-0.05, 0) is 37.7 Å². The molecule has 2 rings (SSSR count). The number of carboxylic acids is 1. The highest BCUT2D eigenvalue weighted by Crippen LogP contribution is 2.09. The number of carboxylic acid groups (broad SMARTS) is 1. The lowest BCUT2D eigenvalue weighted by molar-refractivity contribution is -0.141. The molecule has 21 heteroatoms. The van der Waals surface area contributed by atoms with Crippen LogP contribution in [-0.2, 0) is 44.8 Å². The molecule has 0 spiro atoms. The van der Waals surface area contributed by atoms with Gasteiger partial charge in [0.25, 0.3) is 0 Å². The van der Waals surface area contributed by atoms with Crippen molar-refractivity contribution in [3.05, 3.63) is 35.9 Å². The number of unbranched alkanes of at least 4 members (excludes halogenated alkanes) is 1. The Hall–Kier alpha value is -5.44. The van der Waals surface area contributed by atoms with Crippen LogP contribution in [0.15, 0.2) is 30.3 Å².